The highest BCUT2D eigenvalue weighted by atomic mass is 127. The van der Waals surface area contributed by atoms with E-state index < -0.39 is 0 Å². The number of aliphatic imine (C=N–C) groups is 1. The van der Waals surface area contributed by atoms with E-state index in [1.807, 2.05) is 18.2 Å². The number of aromatic nitrogens is 1. The standard InChI is InChI=1S/C20H28N4O2.HI/c1-4-17-12-19(26-23-17)13-22-20(21-5-2)24-11-10-16(14-24)15-6-8-18(25-3)9-7-15;/h6-9,12,16H,4-5,10-11,13-14H2,1-3H3,(H,21,22);1H. The SMILES string of the molecule is CCNC(=NCc1cc(CC)no1)N1CCC(c2ccc(OC)cc2)C1.I. The van der Waals surface area contributed by atoms with Gasteiger partial charge in [0, 0.05) is 31.6 Å². The van der Waals surface area contributed by atoms with E-state index in [-0.39, 0.29) is 24.0 Å². The molecule has 2 aromatic rings. The van der Waals surface area contributed by atoms with Crippen LogP contribution >= 0.6 is 24.0 Å². The molecule has 1 unspecified atom stereocenters. The lowest BCUT2D eigenvalue weighted by atomic mass is 9.98. The Hall–Kier alpha value is -1.77. The van der Waals surface area contributed by atoms with Crippen molar-refractivity contribution >= 4 is 29.9 Å². The van der Waals surface area contributed by atoms with Crippen molar-refractivity contribution in [2.45, 2.75) is 39.2 Å². The van der Waals surface area contributed by atoms with E-state index >= 15 is 0 Å². The number of rotatable bonds is 6. The van der Waals surface area contributed by atoms with Crippen molar-refractivity contribution in [3.8, 4) is 5.75 Å². The normalized spacial score (nSPS) is 16.9. The molecule has 2 heterocycles. The summed E-state index contributed by atoms with van der Waals surface area (Å²) in [6.45, 7) is 7.49. The van der Waals surface area contributed by atoms with Crippen molar-refractivity contribution in [2.75, 3.05) is 26.7 Å². The fourth-order valence-electron chi connectivity index (χ4n) is 3.28. The fourth-order valence-corrected chi connectivity index (χ4v) is 3.28. The molecule has 0 saturated carbocycles. The van der Waals surface area contributed by atoms with E-state index in [1.165, 1.54) is 5.56 Å². The number of ether oxygens (including phenoxy) is 1. The summed E-state index contributed by atoms with van der Waals surface area (Å²) in [4.78, 5) is 7.08. The zero-order valence-electron chi connectivity index (χ0n) is 16.3. The van der Waals surface area contributed by atoms with Crippen LogP contribution in [0, 0.1) is 0 Å². The molecule has 1 aliphatic rings. The molecule has 0 amide bonds. The molecule has 0 spiro atoms. The van der Waals surface area contributed by atoms with Gasteiger partial charge < -0.3 is 19.5 Å². The lowest BCUT2D eigenvalue weighted by Gasteiger charge is -2.21. The highest BCUT2D eigenvalue weighted by molar-refractivity contribution is 14.0. The van der Waals surface area contributed by atoms with Gasteiger partial charge in [-0.25, -0.2) is 4.99 Å². The second-order valence-electron chi connectivity index (χ2n) is 6.51. The van der Waals surface area contributed by atoms with Crippen LogP contribution < -0.4 is 10.1 Å². The molecule has 1 aromatic heterocycles. The Morgan fingerprint density at radius 3 is 2.74 bits per heavy atom. The molecule has 0 bridgehead atoms. The molecular formula is C20H29IN4O2. The van der Waals surface area contributed by atoms with Crippen molar-refractivity contribution in [2.24, 2.45) is 4.99 Å². The Morgan fingerprint density at radius 2 is 2.11 bits per heavy atom. The first kappa shape index (κ1) is 21.5. The highest BCUT2D eigenvalue weighted by Gasteiger charge is 2.26. The quantitative estimate of drug-likeness (QED) is 0.384. The summed E-state index contributed by atoms with van der Waals surface area (Å²) in [6.07, 6.45) is 2.00. The van der Waals surface area contributed by atoms with E-state index in [4.69, 9.17) is 14.3 Å². The van der Waals surface area contributed by atoms with E-state index in [0.29, 0.717) is 12.5 Å². The van der Waals surface area contributed by atoms with Gasteiger partial charge in [-0.1, -0.05) is 24.2 Å². The highest BCUT2D eigenvalue weighted by Crippen LogP contribution is 2.28. The largest absolute Gasteiger partial charge is 0.497 e. The number of nitrogens with one attached hydrogen (secondary N) is 1. The zero-order chi connectivity index (χ0) is 18.4. The Morgan fingerprint density at radius 1 is 1.33 bits per heavy atom. The Kier molecular flexibility index (Phi) is 8.40. The molecule has 1 saturated heterocycles. The number of benzene rings is 1. The second-order valence-corrected chi connectivity index (χ2v) is 6.51. The van der Waals surface area contributed by atoms with E-state index in [2.05, 4.69) is 41.4 Å². The minimum Gasteiger partial charge on any atom is -0.497 e. The second kappa shape index (κ2) is 10.5. The lowest BCUT2D eigenvalue weighted by Crippen LogP contribution is -2.40. The summed E-state index contributed by atoms with van der Waals surface area (Å²) in [7, 11) is 1.70. The predicted octanol–water partition coefficient (Wildman–Crippen LogP) is 3.82. The van der Waals surface area contributed by atoms with Crippen LogP contribution in [0.4, 0.5) is 0 Å². The van der Waals surface area contributed by atoms with Crippen LogP contribution in [0.2, 0.25) is 0 Å². The monoisotopic (exact) mass is 484 g/mol. The molecule has 1 atom stereocenters. The van der Waals surface area contributed by atoms with Crippen molar-refractivity contribution in [1.82, 2.24) is 15.4 Å². The molecule has 0 radical (unpaired) electrons. The minimum atomic E-state index is 0. The molecule has 3 rings (SSSR count). The number of nitrogens with zero attached hydrogens (tertiary/aromatic N) is 3. The average Bonchev–Trinajstić information content (AvgIpc) is 3.35. The smallest absolute Gasteiger partial charge is 0.194 e. The molecule has 1 fully saturated rings. The predicted molar refractivity (Wildman–Crippen MR) is 118 cm³/mol. The number of hydrogen-bond acceptors (Lipinski definition) is 4. The van der Waals surface area contributed by atoms with Gasteiger partial charge in [-0.2, -0.15) is 0 Å². The van der Waals surface area contributed by atoms with Gasteiger partial charge in [0.2, 0.25) is 0 Å². The van der Waals surface area contributed by atoms with Crippen molar-refractivity contribution in [3.05, 3.63) is 47.3 Å². The summed E-state index contributed by atoms with van der Waals surface area (Å²) < 4.78 is 10.6. The van der Waals surface area contributed by atoms with Gasteiger partial charge in [-0.15, -0.1) is 24.0 Å². The molecular weight excluding hydrogens is 455 g/mol. The summed E-state index contributed by atoms with van der Waals surface area (Å²) in [5.74, 6) is 3.17. The fraction of sp³-hybridized carbons (Fsp3) is 0.500. The average molecular weight is 484 g/mol. The molecule has 0 aliphatic carbocycles. The number of guanidine groups is 1. The zero-order valence-corrected chi connectivity index (χ0v) is 18.6. The topological polar surface area (TPSA) is 62.9 Å². The van der Waals surface area contributed by atoms with Crippen LogP contribution in [-0.2, 0) is 13.0 Å². The van der Waals surface area contributed by atoms with Gasteiger partial charge in [0.05, 0.1) is 12.8 Å². The maximum absolute atomic E-state index is 5.34. The molecule has 27 heavy (non-hydrogen) atoms. The molecule has 148 valence electrons. The first-order valence-corrected chi connectivity index (χ1v) is 9.35. The van der Waals surface area contributed by atoms with E-state index in [1.54, 1.807) is 7.11 Å². The summed E-state index contributed by atoms with van der Waals surface area (Å²) >= 11 is 0. The molecule has 1 aromatic carbocycles. The van der Waals surface area contributed by atoms with Crippen LogP contribution in [0.3, 0.4) is 0 Å². The Balaban J connectivity index is 0.00000261. The van der Waals surface area contributed by atoms with Gasteiger partial charge in [0.1, 0.15) is 12.3 Å². The maximum Gasteiger partial charge on any atom is 0.194 e. The Bertz CT molecular complexity index is 730. The third-order valence-electron chi connectivity index (χ3n) is 4.76. The van der Waals surface area contributed by atoms with Crippen LogP contribution in [0.15, 0.2) is 39.8 Å². The summed E-state index contributed by atoms with van der Waals surface area (Å²) in [5.41, 5.74) is 2.33. The van der Waals surface area contributed by atoms with Crippen molar-refractivity contribution in [1.29, 1.82) is 0 Å². The molecule has 6 nitrogen and oxygen atoms in total. The summed E-state index contributed by atoms with van der Waals surface area (Å²) in [6, 6.07) is 10.4. The van der Waals surface area contributed by atoms with Crippen LogP contribution in [-0.4, -0.2) is 42.8 Å². The first-order valence-electron chi connectivity index (χ1n) is 9.35. The third-order valence-corrected chi connectivity index (χ3v) is 4.76. The van der Waals surface area contributed by atoms with E-state index in [9.17, 15) is 0 Å². The van der Waals surface area contributed by atoms with Crippen molar-refractivity contribution < 1.29 is 9.26 Å². The van der Waals surface area contributed by atoms with Crippen LogP contribution in [0.1, 0.15) is 43.2 Å². The number of methoxy groups -OCH3 is 1. The van der Waals surface area contributed by atoms with Gasteiger partial charge >= 0.3 is 0 Å². The maximum atomic E-state index is 5.34. The van der Waals surface area contributed by atoms with Crippen molar-refractivity contribution in [3.63, 3.8) is 0 Å². The van der Waals surface area contributed by atoms with E-state index in [0.717, 1.165) is 55.6 Å². The molecule has 1 N–H and O–H groups in total. The van der Waals surface area contributed by atoms with Crippen LogP contribution in [0.25, 0.3) is 0 Å². The first-order chi connectivity index (χ1) is 12.7. The number of hydrogen-bond donors (Lipinski definition) is 1. The number of halogens is 1. The van der Waals surface area contributed by atoms with Gasteiger partial charge in [0.15, 0.2) is 11.7 Å². The number of likely N-dealkylation sites (tertiary alicyclic amines) is 1. The molecule has 7 heteroatoms. The number of aryl methyl sites for hydroxylation is 1. The van der Waals surface area contributed by atoms with Gasteiger partial charge in [0.25, 0.3) is 0 Å². The third kappa shape index (κ3) is 5.60. The molecule has 1 aliphatic heterocycles. The minimum absolute atomic E-state index is 0. The Labute approximate surface area is 178 Å². The van der Waals surface area contributed by atoms with Gasteiger partial charge in [-0.3, -0.25) is 0 Å². The lowest BCUT2D eigenvalue weighted by molar-refractivity contribution is 0.378. The van der Waals surface area contributed by atoms with Crippen LogP contribution in [0.5, 0.6) is 5.75 Å². The van der Waals surface area contributed by atoms with Gasteiger partial charge in [-0.05, 0) is 37.5 Å². The summed E-state index contributed by atoms with van der Waals surface area (Å²) in [5, 5.41) is 7.43.